The molecule has 0 spiro atoms. The molecule has 0 aliphatic heterocycles. The van der Waals surface area contributed by atoms with E-state index >= 15 is 0 Å². The molecule has 1 unspecified atom stereocenters. The number of hydrogen-bond donors (Lipinski definition) is 1. The van der Waals surface area contributed by atoms with Crippen LogP contribution in [0.25, 0.3) is 0 Å². The molecule has 0 rings (SSSR count). The van der Waals surface area contributed by atoms with Crippen LogP contribution < -0.4 is 0 Å². The van der Waals surface area contributed by atoms with E-state index in [1.165, 1.54) is 4.90 Å². The van der Waals surface area contributed by atoms with Crippen LogP contribution in [0, 0.1) is 5.92 Å². The summed E-state index contributed by atoms with van der Waals surface area (Å²) < 4.78 is 5.26. The minimum Gasteiger partial charge on any atom is -0.444 e. The third-order valence-electron chi connectivity index (χ3n) is 2.52. The highest BCUT2D eigenvalue weighted by atomic mass is 16.6. The average molecular weight is 245 g/mol. The first-order chi connectivity index (χ1) is 7.67. The molecule has 0 heterocycles. The Balaban J connectivity index is 4.32. The number of amides is 1. The summed E-state index contributed by atoms with van der Waals surface area (Å²) in [6.45, 7) is 9.73. The van der Waals surface area contributed by atoms with Gasteiger partial charge in [-0.1, -0.05) is 13.8 Å². The zero-order valence-corrected chi connectivity index (χ0v) is 12.0. The van der Waals surface area contributed by atoms with Crippen LogP contribution in [0.15, 0.2) is 0 Å². The molecule has 0 aromatic rings. The molecule has 0 saturated carbocycles. The van der Waals surface area contributed by atoms with Crippen molar-refractivity contribution in [3.05, 3.63) is 0 Å². The molecule has 0 aliphatic rings. The van der Waals surface area contributed by atoms with E-state index in [0.29, 0.717) is 5.92 Å². The maximum atomic E-state index is 11.8. The van der Waals surface area contributed by atoms with Crippen molar-refractivity contribution in [2.75, 3.05) is 13.7 Å². The highest BCUT2D eigenvalue weighted by Crippen LogP contribution is 2.14. The summed E-state index contributed by atoms with van der Waals surface area (Å²) in [7, 11) is 1.68. The summed E-state index contributed by atoms with van der Waals surface area (Å²) in [5.74, 6) is 0.566. The quantitative estimate of drug-likeness (QED) is 0.810. The average Bonchev–Trinajstić information content (AvgIpc) is 2.15. The van der Waals surface area contributed by atoms with Crippen molar-refractivity contribution in [2.24, 2.45) is 5.92 Å². The Morgan fingerprint density at radius 3 is 2.18 bits per heavy atom. The number of likely N-dealkylation sites (N-methyl/N-ethyl adjacent to an activating group) is 1. The lowest BCUT2D eigenvalue weighted by atomic mass is 10.0. The molecule has 0 radical (unpaired) electrons. The minimum atomic E-state index is -0.497. The molecular formula is C13H27NO3. The molecule has 0 aromatic carbocycles. The molecular weight excluding hydrogens is 218 g/mol. The number of carbonyl (C=O) groups excluding carboxylic acids is 1. The fraction of sp³-hybridized carbons (Fsp3) is 0.923. The maximum Gasteiger partial charge on any atom is 0.410 e. The molecule has 17 heavy (non-hydrogen) atoms. The van der Waals surface area contributed by atoms with Crippen molar-refractivity contribution in [1.82, 2.24) is 4.90 Å². The van der Waals surface area contributed by atoms with Gasteiger partial charge < -0.3 is 14.7 Å². The van der Waals surface area contributed by atoms with Crippen LogP contribution in [0.5, 0.6) is 0 Å². The van der Waals surface area contributed by atoms with Crippen molar-refractivity contribution >= 4 is 6.09 Å². The Bertz CT molecular complexity index is 233. The first-order valence-electron chi connectivity index (χ1n) is 6.24. The molecule has 1 N–H and O–H groups in total. The Hall–Kier alpha value is -0.770. The SMILES string of the molecule is CC(C)CCC(CO)N(C)C(=O)OC(C)(C)C. The molecule has 0 fully saturated rings. The van der Waals surface area contributed by atoms with Crippen LogP contribution in [0.1, 0.15) is 47.5 Å². The van der Waals surface area contributed by atoms with Gasteiger partial charge in [0.1, 0.15) is 5.60 Å². The molecule has 0 saturated heterocycles. The first kappa shape index (κ1) is 16.2. The van der Waals surface area contributed by atoms with Gasteiger partial charge in [-0.15, -0.1) is 0 Å². The summed E-state index contributed by atoms with van der Waals surface area (Å²) in [5, 5.41) is 9.31. The van der Waals surface area contributed by atoms with Crippen molar-refractivity contribution in [3.63, 3.8) is 0 Å². The second-order valence-electron chi connectivity index (χ2n) is 5.90. The van der Waals surface area contributed by atoms with Gasteiger partial charge in [0.2, 0.25) is 0 Å². The van der Waals surface area contributed by atoms with E-state index in [9.17, 15) is 9.90 Å². The van der Waals surface area contributed by atoms with Crippen molar-refractivity contribution in [3.8, 4) is 0 Å². The number of ether oxygens (including phenoxy) is 1. The lowest BCUT2D eigenvalue weighted by Gasteiger charge is -2.30. The minimum absolute atomic E-state index is 0.0253. The topological polar surface area (TPSA) is 49.8 Å². The van der Waals surface area contributed by atoms with Gasteiger partial charge in [0.25, 0.3) is 0 Å². The van der Waals surface area contributed by atoms with Crippen LogP contribution in [0.3, 0.4) is 0 Å². The van der Waals surface area contributed by atoms with Gasteiger partial charge in [-0.2, -0.15) is 0 Å². The fourth-order valence-corrected chi connectivity index (χ4v) is 1.42. The lowest BCUT2D eigenvalue weighted by Crippen LogP contribution is -2.42. The summed E-state index contributed by atoms with van der Waals surface area (Å²) >= 11 is 0. The molecule has 102 valence electrons. The number of aliphatic hydroxyl groups is 1. The summed E-state index contributed by atoms with van der Waals surface area (Å²) in [5.41, 5.74) is -0.497. The van der Waals surface area contributed by atoms with Gasteiger partial charge in [0.05, 0.1) is 12.6 Å². The molecule has 0 aromatic heterocycles. The normalized spacial score (nSPS) is 13.6. The molecule has 4 nitrogen and oxygen atoms in total. The zero-order valence-electron chi connectivity index (χ0n) is 12.0. The standard InChI is InChI=1S/C13H27NO3/c1-10(2)7-8-11(9-15)14(6)12(16)17-13(3,4)5/h10-11,15H,7-9H2,1-6H3. The second-order valence-corrected chi connectivity index (χ2v) is 5.90. The van der Waals surface area contributed by atoms with E-state index in [0.717, 1.165) is 12.8 Å². The predicted molar refractivity (Wildman–Crippen MR) is 68.9 cm³/mol. The van der Waals surface area contributed by atoms with Gasteiger partial charge in [0, 0.05) is 7.05 Å². The Morgan fingerprint density at radius 2 is 1.82 bits per heavy atom. The molecule has 4 heteroatoms. The third-order valence-corrected chi connectivity index (χ3v) is 2.52. The zero-order chi connectivity index (χ0) is 13.6. The molecule has 1 atom stereocenters. The highest BCUT2D eigenvalue weighted by Gasteiger charge is 2.24. The Kier molecular flexibility index (Phi) is 6.53. The molecule has 0 bridgehead atoms. The summed E-state index contributed by atoms with van der Waals surface area (Å²) in [6.07, 6.45) is 1.41. The van der Waals surface area contributed by atoms with Crippen molar-refractivity contribution < 1.29 is 14.6 Å². The van der Waals surface area contributed by atoms with Crippen molar-refractivity contribution in [1.29, 1.82) is 0 Å². The number of carbonyl (C=O) groups is 1. The lowest BCUT2D eigenvalue weighted by molar-refractivity contribution is 0.0146. The largest absolute Gasteiger partial charge is 0.444 e. The van der Waals surface area contributed by atoms with Crippen LogP contribution in [-0.4, -0.2) is 41.4 Å². The van der Waals surface area contributed by atoms with Crippen LogP contribution >= 0.6 is 0 Å². The van der Waals surface area contributed by atoms with E-state index < -0.39 is 5.60 Å². The van der Waals surface area contributed by atoms with Crippen LogP contribution in [-0.2, 0) is 4.74 Å². The van der Waals surface area contributed by atoms with Gasteiger partial charge in [0.15, 0.2) is 0 Å². The van der Waals surface area contributed by atoms with Gasteiger partial charge in [-0.05, 0) is 39.5 Å². The van der Waals surface area contributed by atoms with E-state index in [4.69, 9.17) is 4.74 Å². The first-order valence-corrected chi connectivity index (χ1v) is 6.24. The van der Waals surface area contributed by atoms with Crippen LogP contribution in [0.2, 0.25) is 0 Å². The number of rotatable bonds is 5. The number of nitrogens with zero attached hydrogens (tertiary/aromatic N) is 1. The smallest absolute Gasteiger partial charge is 0.410 e. The number of aliphatic hydroxyl groups excluding tert-OH is 1. The predicted octanol–water partition coefficient (Wildman–Crippen LogP) is 2.65. The van der Waals surface area contributed by atoms with Gasteiger partial charge >= 0.3 is 6.09 Å². The Labute approximate surface area is 105 Å². The van der Waals surface area contributed by atoms with E-state index in [2.05, 4.69) is 13.8 Å². The van der Waals surface area contributed by atoms with E-state index in [1.807, 2.05) is 20.8 Å². The van der Waals surface area contributed by atoms with Crippen molar-refractivity contribution in [2.45, 2.75) is 59.1 Å². The monoisotopic (exact) mass is 245 g/mol. The summed E-state index contributed by atoms with van der Waals surface area (Å²) in [4.78, 5) is 13.3. The fourth-order valence-electron chi connectivity index (χ4n) is 1.42. The maximum absolute atomic E-state index is 11.8. The van der Waals surface area contributed by atoms with Gasteiger partial charge in [-0.3, -0.25) is 0 Å². The third kappa shape index (κ3) is 7.21. The van der Waals surface area contributed by atoms with E-state index in [-0.39, 0.29) is 18.7 Å². The number of hydrogen-bond acceptors (Lipinski definition) is 3. The van der Waals surface area contributed by atoms with E-state index in [1.54, 1.807) is 7.05 Å². The van der Waals surface area contributed by atoms with Gasteiger partial charge in [-0.25, -0.2) is 4.79 Å². The van der Waals surface area contributed by atoms with Crippen LogP contribution in [0.4, 0.5) is 4.79 Å². The molecule has 0 aliphatic carbocycles. The Morgan fingerprint density at radius 1 is 1.29 bits per heavy atom. The highest BCUT2D eigenvalue weighted by molar-refractivity contribution is 5.68. The second kappa shape index (κ2) is 6.84. The summed E-state index contributed by atoms with van der Waals surface area (Å²) in [6, 6.07) is -0.160. The molecule has 1 amide bonds.